The molecular weight excluding hydrogens is 774 g/mol. The van der Waals surface area contributed by atoms with Crippen molar-refractivity contribution in [1.82, 2.24) is 5.32 Å². The molecule has 12 atom stereocenters. The lowest BCUT2D eigenvalue weighted by Gasteiger charge is -2.46. The normalized spacial score (nSPS) is 28.6. The molecule has 0 bridgehead atoms. The number of hydrogen-bond donors (Lipinski definition) is 9. The quantitative estimate of drug-likeness (QED) is 0.0315. The molecule has 0 spiro atoms. The standard InChI is InChI=1S/C46H83NO13/c1-3-5-7-9-11-13-14-15-16-17-18-19-20-21-22-24-26-28-30-38(51)47-34(35(50)29-27-25-23-12-10-8-6-4-2)33-57-45-43(56)41(54)44(37(32-49)59-45)60-46-42(55)40(53)39(52)36(31-48)58-46/h13-14,16-17,27,29,34-37,39-46,48-50,52-56H,3-12,15,18-26,28,30-33H2,1-2H3,(H,47,51)/b14-13-,17-16-,29-27+. The Bertz CT molecular complexity index is 1150. The van der Waals surface area contributed by atoms with E-state index in [-0.39, 0.29) is 18.9 Å². The van der Waals surface area contributed by atoms with Crippen molar-refractivity contribution in [3.8, 4) is 0 Å². The average molecular weight is 858 g/mol. The molecule has 2 saturated heterocycles. The molecule has 0 aromatic rings. The van der Waals surface area contributed by atoms with E-state index in [1.165, 1.54) is 64.2 Å². The lowest BCUT2D eigenvalue weighted by Crippen LogP contribution is -2.65. The minimum absolute atomic E-state index is 0.253. The van der Waals surface area contributed by atoms with Crippen LogP contribution in [0.4, 0.5) is 0 Å². The maximum absolute atomic E-state index is 13.1. The second-order valence-corrected chi connectivity index (χ2v) is 16.5. The molecule has 0 aromatic heterocycles. The van der Waals surface area contributed by atoms with Crippen molar-refractivity contribution in [3.05, 3.63) is 36.5 Å². The molecule has 0 radical (unpaired) electrons. The molecule has 14 heteroatoms. The van der Waals surface area contributed by atoms with Crippen molar-refractivity contribution < 1.29 is 64.6 Å². The molecule has 350 valence electrons. The van der Waals surface area contributed by atoms with Gasteiger partial charge in [0.1, 0.15) is 48.8 Å². The van der Waals surface area contributed by atoms with Gasteiger partial charge in [-0.15, -0.1) is 0 Å². The smallest absolute Gasteiger partial charge is 0.220 e. The van der Waals surface area contributed by atoms with Gasteiger partial charge in [0.2, 0.25) is 5.91 Å². The van der Waals surface area contributed by atoms with Crippen LogP contribution >= 0.6 is 0 Å². The van der Waals surface area contributed by atoms with Gasteiger partial charge in [0, 0.05) is 6.42 Å². The second-order valence-electron chi connectivity index (χ2n) is 16.5. The fourth-order valence-electron chi connectivity index (χ4n) is 7.44. The summed E-state index contributed by atoms with van der Waals surface area (Å²) in [4.78, 5) is 13.1. The van der Waals surface area contributed by atoms with Crippen molar-refractivity contribution >= 4 is 5.91 Å². The number of rotatable bonds is 34. The van der Waals surface area contributed by atoms with Gasteiger partial charge in [-0.2, -0.15) is 0 Å². The molecule has 0 aliphatic carbocycles. The summed E-state index contributed by atoms with van der Waals surface area (Å²) in [6, 6.07) is -0.914. The van der Waals surface area contributed by atoms with Crippen LogP contribution in [0.15, 0.2) is 36.5 Å². The summed E-state index contributed by atoms with van der Waals surface area (Å²) in [5.74, 6) is -0.253. The molecule has 0 saturated carbocycles. The molecule has 9 N–H and O–H groups in total. The molecule has 0 aromatic carbocycles. The third-order valence-electron chi connectivity index (χ3n) is 11.3. The lowest BCUT2D eigenvalue weighted by molar-refractivity contribution is -0.359. The number of amides is 1. The zero-order valence-electron chi connectivity index (χ0n) is 36.7. The summed E-state index contributed by atoms with van der Waals surface area (Å²) >= 11 is 0. The molecule has 60 heavy (non-hydrogen) atoms. The Labute approximate surface area is 360 Å². The van der Waals surface area contributed by atoms with E-state index < -0.39 is 86.8 Å². The fraction of sp³-hybridized carbons (Fsp3) is 0.848. The van der Waals surface area contributed by atoms with E-state index in [0.717, 1.165) is 64.2 Å². The minimum atomic E-state index is -1.79. The summed E-state index contributed by atoms with van der Waals surface area (Å²) in [6.07, 6.45) is 19.2. The minimum Gasteiger partial charge on any atom is -0.394 e. The number of hydrogen-bond acceptors (Lipinski definition) is 13. The zero-order valence-corrected chi connectivity index (χ0v) is 36.7. The van der Waals surface area contributed by atoms with Gasteiger partial charge in [-0.1, -0.05) is 134 Å². The molecule has 1 amide bonds. The first-order chi connectivity index (χ1) is 29.1. The number of carbonyl (C=O) groups is 1. The number of ether oxygens (including phenoxy) is 4. The first kappa shape index (κ1) is 54.3. The number of allylic oxidation sites excluding steroid dienone is 5. The van der Waals surface area contributed by atoms with Crippen molar-refractivity contribution in [2.24, 2.45) is 0 Å². The average Bonchev–Trinajstić information content (AvgIpc) is 3.24. The summed E-state index contributed by atoms with van der Waals surface area (Å²) < 4.78 is 22.6. The second kappa shape index (κ2) is 33.7. The van der Waals surface area contributed by atoms with Gasteiger partial charge in [-0.25, -0.2) is 0 Å². The van der Waals surface area contributed by atoms with E-state index in [0.29, 0.717) is 6.42 Å². The van der Waals surface area contributed by atoms with E-state index in [4.69, 9.17) is 18.9 Å². The van der Waals surface area contributed by atoms with Crippen LogP contribution < -0.4 is 5.32 Å². The van der Waals surface area contributed by atoms with Gasteiger partial charge >= 0.3 is 0 Å². The van der Waals surface area contributed by atoms with E-state index in [9.17, 15) is 45.6 Å². The predicted octanol–water partition coefficient (Wildman–Crippen LogP) is 4.76. The molecule has 2 rings (SSSR count). The van der Waals surface area contributed by atoms with Gasteiger partial charge in [0.05, 0.1) is 32.0 Å². The van der Waals surface area contributed by atoms with Crippen LogP contribution in [0.5, 0.6) is 0 Å². The highest BCUT2D eigenvalue weighted by Crippen LogP contribution is 2.30. The number of aliphatic hydroxyl groups excluding tert-OH is 8. The Morgan fingerprint density at radius 3 is 1.68 bits per heavy atom. The highest BCUT2D eigenvalue weighted by molar-refractivity contribution is 5.76. The monoisotopic (exact) mass is 858 g/mol. The van der Waals surface area contributed by atoms with Crippen molar-refractivity contribution in [2.45, 2.75) is 229 Å². The Morgan fingerprint density at radius 2 is 1.10 bits per heavy atom. The number of unbranched alkanes of at least 4 members (excludes halogenated alkanes) is 17. The van der Waals surface area contributed by atoms with Crippen LogP contribution in [0, 0.1) is 0 Å². The Hall–Kier alpha value is -1.79. The van der Waals surface area contributed by atoms with Gasteiger partial charge in [0.25, 0.3) is 0 Å². The largest absolute Gasteiger partial charge is 0.394 e. The summed E-state index contributed by atoms with van der Waals surface area (Å²) in [5.41, 5.74) is 0. The zero-order chi connectivity index (χ0) is 44.0. The number of aliphatic hydroxyl groups is 8. The summed E-state index contributed by atoms with van der Waals surface area (Å²) in [5, 5.41) is 86.3. The van der Waals surface area contributed by atoms with E-state index >= 15 is 0 Å². The van der Waals surface area contributed by atoms with Crippen molar-refractivity contribution in [3.63, 3.8) is 0 Å². The topological polar surface area (TPSA) is 228 Å². The van der Waals surface area contributed by atoms with Gasteiger partial charge in [0.15, 0.2) is 12.6 Å². The van der Waals surface area contributed by atoms with Gasteiger partial charge < -0.3 is 65.1 Å². The molecule has 14 nitrogen and oxygen atoms in total. The predicted molar refractivity (Wildman–Crippen MR) is 231 cm³/mol. The van der Waals surface area contributed by atoms with Crippen molar-refractivity contribution in [1.29, 1.82) is 0 Å². The highest BCUT2D eigenvalue weighted by Gasteiger charge is 2.50. The van der Waals surface area contributed by atoms with Crippen LogP contribution in [-0.2, 0) is 23.7 Å². The van der Waals surface area contributed by atoms with Crippen LogP contribution in [0.3, 0.4) is 0 Å². The molecule has 2 fully saturated rings. The Balaban J connectivity index is 1.84. The van der Waals surface area contributed by atoms with Crippen molar-refractivity contribution in [2.75, 3.05) is 19.8 Å². The molecule has 2 heterocycles. The maximum Gasteiger partial charge on any atom is 0.220 e. The molecular formula is C46H83NO13. The van der Waals surface area contributed by atoms with E-state index in [1.807, 2.05) is 6.08 Å². The summed E-state index contributed by atoms with van der Waals surface area (Å²) in [6.45, 7) is 2.69. The first-order valence-electron chi connectivity index (χ1n) is 23.2. The highest BCUT2D eigenvalue weighted by atomic mass is 16.7. The number of carbonyl (C=O) groups excluding carboxylic acids is 1. The van der Waals surface area contributed by atoms with Gasteiger partial charge in [-0.3, -0.25) is 4.79 Å². The Kier molecular flexibility index (Phi) is 30.5. The first-order valence-corrected chi connectivity index (χ1v) is 23.2. The van der Waals surface area contributed by atoms with Crippen LogP contribution in [0.25, 0.3) is 0 Å². The molecule has 2 aliphatic rings. The summed E-state index contributed by atoms with van der Waals surface area (Å²) in [7, 11) is 0. The Morgan fingerprint density at radius 1 is 0.600 bits per heavy atom. The van der Waals surface area contributed by atoms with Crippen LogP contribution in [0.1, 0.15) is 155 Å². The SMILES string of the molecule is CCCCCC/C=C\C/C=C\CCCCCCCCCC(=O)NC(COC1OC(CO)C(OC2OC(CO)C(O)C(O)C2O)C(O)C1O)C(O)/C=C/CCCCCCCC. The number of nitrogens with one attached hydrogen (secondary N) is 1. The maximum atomic E-state index is 13.1. The van der Waals surface area contributed by atoms with E-state index in [2.05, 4.69) is 43.5 Å². The van der Waals surface area contributed by atoms with Crippen LogP contribution in [0.2, 0.25) is 0 Å². The third-order valence-corrected chi connectivity index (χ3v) is 11.3. The van der Waals surface area contributed by atoms with Crippen LogP contribution in [-0.4, -0.2) is 140 Å². The fourth-order valence-corrected chi connectivity index (χ4v) is 7.44. The van der Waals surface area contributed by atoms with E-state index in [1.54, 1.807) is 6.08 Å². The van der Waals surface area contributed by atoms with Gasteiger partial charge in [-0.05, 0) is 51.4 Å². The lowest BCUT2D eigenvalue weighted by atomic mass is 9.97. The molecule has 12 unspecified atom stereocenters. The molecule has 2 aliphatic heterocycles. The third kappa shape index (κ3) is 21.5.